The molecule has 1 N–H and O–H groups in total. The molecule has 0 bridgehead atoms. The predicted molar refractivity (Wildman–Crippen MR) is 95.5 cm³/mol. The van der Waals surface area contributed by atoms with Crippen LogP contribution in [0.3, 0.4) is 0 Å². The highest BCUT2D eigenvalue weighted by Gasteiger charge is 2.24. The molecular weight excluding hydrogens is 364 g/mol. The minimum Gasteiger partial charge on any atom is -0.495 e. The Bertz CT molecular complexity index is 998. The van der Waals surface area contributed by atoms with Gasteiger partial charge in [-0.05, 0) is 30.7 Å². The van der Waals surface area contributed by atoms with Crippen LogP contribution in [0.5, 0.6) is 5.75 Å². The summed E-state index contributed by atoms with van der Waals surface area (Å²) in [5, 5.41) is 3.98. The predicted octanol–water partition coefficient (Wildman–Crippen LogP) is 4.11. The fourth-order valence-electron chi connectivity index (χ4n) is 2.29. The average molecular weight is 379 g/mol. The van der Waals surface area contributed by atoms with E-state index in [0.717, 1.165) is 11.1 Å². The van der Waals surface area contributed by atoms with Gasteiger partial charge in [-0.3, -0.25) is 0 Å². The number of rotatable bonds is 5. The van der Waals surface area contributed by atoms with Crippen molar-refractivity contribution in [3.05, 3.63) is 59.2 Å². The minimum atomic E-state index is -3.98. The first-order chi connectivity index (χ1) is 11.9. The number of benzene rings is 2. The largest absolute Gasteiger partial charge is 0.495 e. The van der Waals surface area contributed by atoms with Gasteiger partial charge in [0.1, 0.15) is 10.6 Å². The summed E-state index contributed by atoms with van der Waals surface area (Å²) in [6, 6.07) is 11.9. The van der Waals surface area contributed by atoms with Crippen LogP contribution in [0.15, 0.2) is 58.1 Å². The Morgan fingerprint density at radius 1 is 1.16 bits per heavy atom. The molecule has 25 heavy (non-hydrogen) atoms. The number of anilines is 1. The van der Waals surface area contributed by atoms with Crippen LogP contribution in [0.1, 0.15) is 5.56 Å². The van der Waals surface area contributed by atoms with Gasteiger partial charge in [0.15, 0.2) is 0 Å². The molecule has 0 spiro atoms. The summed E-state index contributed by atoms with van der Waals surface area (Å²) in [6.45, 7) is 1.96. The summed E-state index contributed by atoms with van der Waals surface area (Å²) in [5.74, 6) is 0.194. The van der Waals surface area contributed by atoms with Crippen molar-refractivity contribution in [1.82, 2.24) is 5.16 Å². The van der Waals surface area contributed by atoms with Crippen molar-refractivity contribution in [2.45, 2.75) is 11.8 Å². The molecule has 3 aromatic rings. The second kappa shape index (κ2) is 6.78. The zero-order valence-corrected chi connectivity index (χ0v) is 15.1. The van der Waals surface area contributed by atoms with E-state index in [9.17, 15) is 8.42 Å². The summed E-state index contributed by atoms with van der Waals surface area (Å²) >= 11 is 5.92. The van der Waals surface area contributed by atoms with Gasteiger partial charge in [-0.25, -0.2) is 13.1 Å². The van der Waals surface area contributed by atoms with Crippen molar-refractivity contribution < 1.29 is 17.7 Å². The number of aromatic nitrogens is 1. The summed E-state index contributed by atoms with van der Waals surface area (Å²) in [6.07, 6.45) is 1.46. The normalized spacial score (nSPS) is 11.3. The lowest BCUT2D eigenvalue weighted by atomic mass is 10.1. The molecule has 0 saturated carbocycles. The fourth-order valence-corrected chi connectivity index (χ4v) is 3.73. The van der Waals surface area contributed by atoms with E-state index in [1.54, 1.807) is 6.07 Å². The number of nitrogens with zero attached hydrogens (tertiary/aromatic N) is 1. The van der Waals surface area contributed by atoms with E-state index in [-0.39, 0.29) is 21.6 Å². The van der Waals surface area contributed by atoms with Crippen molar-refractivity contribution in [1.29, 1.82) is 0 Å². The van der Waals surface area contributed by atoms with Crippen molar-refractivity contribution in [2.24, 2.45) is 0 Å². The highest BCUT2D eigenvalue weighted by Crippen LogP contribution is 2.32. The molecule has 3 rings (SSSR count). The van der Waals surface area contributed by atoms with Gasteiger partial charge in [0.2, 0.25) is 5.88 Å². The van der Waals surface area contributed by atoms with Gasteiger partial charge in [0.25, 0.3) is 10.0 Å². The van der Waals surface area contributed by atoms with Crippen molar-refractivity contribution >= 4 is 27.5 Å². The number of ether oxygens (including phenoxy) is 1. The molecule has 0 aliphatic carbocycles. The van der Waals surface area contributed by atoms with E-state index in [1.165, 1.54) is 25.4 Å². The van der Waals surface area contributed by atoms with E-state index in [0.29, 0.717) is 5.56 Å². The van der Waals surface area contributed by atoms with Gasteiger partial charge < -0.3 is 9.26 Å². The van der Waals surface area contributed by atoms with E-state index in [4.69, 9.17) is 20.9 Å². The molecule has 1 heterocycles. The fraction of sp³-hybridized carbons (Fsp3) is 0.118. The van der Waals surface area contributed by atoms with Crippen LogP contribution in [0.25, 0.3) is 11.1 Å². The molecule has 8 heteroatoms. The zero-order chi connectivity index (χ0) is 18.0. The van der Waals surface area contributed by atoms with E-state index < -0.39 is 10.0 Å². The van der Waals surface area contributed by atoms with Gasteiger partial charge in [-0.1, -0.05) is 46.6 Å². The molecule has 6 nitrogen and oxygen atoms in total. The lowest BCUT2D eigenvalue weighted by molar-refractivity contribution is 0.402. The van der Waals surface area contributed by atoms with Crippen LogP contribution in [0, 0.1) is 6.92 Å². The SMILES string of the molecule is COc1ccc(Cl)cc1S(=O)(=O)Nc1oncc1-c1ccc(C)cc1. The maximum atomic E-state index is 12.7. The minimum absolute atomic E-state index is 0.0193. The molecule has 0 radical (unpaired) electrons. The quantitative estimate of drug-likeness (QED) is 0.722. The van der Waals surface area contributed by atoms with Crippen LogP contribution in [0.4, 0.5) is 5.88 Å². The Labute approximate surface area is 150 Å². The monoisotopic (exact) mass is 378 g/mol. The number of hydrogen-bond donors (Lipinski definition) is 1. The molecule has 130 valence electrons. The van der Waals surface area contributed by atoms with Gasteiger partial charge >= 0.3 is 0 Å². The summed E-state index contributed by atoms with van der Waals surface area (Å²) in [5.41, 5.74) is 2.40. The Kier molecular flexibility index (Phi) is 4.69. The Morgan fingerprint density at radius 2 is 1.88 bits per heavy atom. The molecular formula is C17H15ClN2O4S. The highest BCUT2D eigenvalue weighted by molar-refractivity contribution is 7.92. The van der Waals surface area contributed by atoms with Crippen LogP contribution in [-0.4, -0.2) is 20.7 Å². The maximum absolute atomic E-state index is 12.7. The number of hydrogen-bond acceptors (Lipinski definition) is 5. The molecule has 0 fully saturated rings. The molecule has 0 atom stereocenters. The van der Waals surface area contributed by atoms with E-state index in [2.05, 4.69) is 9.88 Å². The summed E-state index contributed by atoms with van der Waals surface area (Å²) in [7, 11) is -2.60. The maximum Gasteiger partial charge on any atom is 0.268 e. The van der Waals surface area contributed by atoms with Gasteiger partial charge in [0.05, 0.1) is 18.9 Å². The standard InChI is InChI=1S/C17H15ClN2O4S/c1-11-3-5-12(6-4-11)14-10-19-24-17(14)20-25(21,22)16-9-13(18)7-8-15(16)23-2/h3-10,20H,1-2H3. The Morgan fingerprint density at radius 3 is 2.56 bits per heavy atom. The van der Waals surface area contributed by atoms with Crippen molar-refractivity contribution in [3.63, 3.8) is 0 Å². The summed E-state index contributed by atoms with van der Waals surface area (Å²) < 4.78 is 38.1. The van der Waals surface area contributed by atoms with Crippen LogP contribution >= 0.6 is 11.6 Å². The number of halogens is 1. The highest BCUT2D eigenvalue weighted by atomic mass is 35.5. The number of aryl methyl sites for hydroxylation is 1. The van der Waals surface area contributed by atoms with Crippen LogP contribution in [-0.2, 0) is 10.0 Å². The number of sulfonamides is 1. The molecule has 2 aromatic carbocycles. The molecule has 0 aliphatic heterocycles. The second-order valence-electron chi connectivity index (χ2n) is 5.34. The lowest BCUT2D eigenvalue weighted by Crippen LogP contribution is -2.14. The Hall–Kier alpha value is -2.51. The third-order valence-corrected chi connectivity index (χ3v) is 5.16. The van der Waals surface area contributed by atoms with E-state index >= 15 is 0 Å². The van der Waals surface area contributed by atoms with E-state index in [1.807, 2.05) is 31.2 Å². The molecule has 0 unspecified atom stereocenters. The first-order valence-electron chi connectivity index (χ1n) is 7.29. The van der Waals surface area contributed by atoms with Crippen LogP contribution in [0.2, 0.25) is 5.02 Å². The molecule has 0 aliphatic rings. The smallest absolute Gasteiger partial charge is 0.268 e. The van der Waals surface area contributed by atoms with Crippen molar-refractivity contribution in [2.75, 3.05) is 11.8 Å². The van der Waals surface area contributed by atoms with Gasteiger partial charge in [-0.2, -0.15) is 0 Å². The third-order valence-electron chi connectivity index (χ3n) is 3.58. The van der Waals surface area contributed by atoms with Gasteiger partial charge in [-0.15, -0.1) is 0 Å². The first kappa shape index (κ1) is 17.3. The average Bonchev–Trinajstić information content (AvgIpc) is 3.03. The molecule has 0 saturated heterocycles. The molecule has 1 aromatic heterocycles. The Balaban J connectivity index is 1.99. The third kappa shape index (κ3) is 3.62. The van der Waals surface area contributed by atoms with Gasteiger partial charge in [0, 0.05) is 5.02 Å². The van der Waals surface area contributed by atoms with Crippen LogP contribution < -0.4 is 9.46 Å². The van der Waals surface area contributed by atoms with Crippen molar-refractivity contribution in [3.8, 4) is 16.9 Å². The number of nitrogens with one attached hydrogen (secondary N) is 1. The topological polar surface area (TPSA) is 81.4 Å². The second-order valence-corrected chi connectivity index (χ2v) is 7.42. The summed E-state index contributed by atoms with van der Waals surface area (Å²) in [4.78, 5) is -0.0891. The molecule has 0 amide bonds. The zero-order valence-electron chi connectivity index (χ0n) is 13.5. The first-order valence-corrected chi connectivity index (χ1v) is 9.15. The lowest BCUT2D eigenvalue weighted by Gasteiger charge is -2.11. The number of methoxy groups -OCH3 is 1.